The first-order valence-corrected chi connectivity index (χ1v) is 7.29. The van der Waals surface area contributed by atoms with Gasteiger partial charge in [0.25, 0.3) is 5.91 Å². The van der Waals surface area contributed by atoms with Crippen molar-refractivity contribution in [1.29, 1.82) is 0 Å². The number of nitrogens with zero attached hydrogens (tertiary/aromatic N) is 1. The molecule has 1 aliphatic heterocycles. The van der Waals surface area contributed by atoms with Crippen molar-refractivity contribution in [3.63, 3.8) is 0 Å². The first-order chi connectivity index (χ1) is 9.43. The zero-order valence-corrected chi connectivity index (χ0v) is 12.6. The van der Waals surface area contributed by atoms with E-state index in [2.05, 4.69) is 5.32 Å². The van der Waals surface area contributed by atoms with Crippen molar-refractivity contribution in [3.05, 3.63) is 29.3 Å². The van der Waals surface area contributed by atoms with Gasteiger partial charge >= 0.3 is 0 Å². The summed E-state index contributed by atoms with van der Waals surface area (Å²) in [7, 11) is 0. The summed E-state index contributed by atoms with van der Waals surface area (Å²) in [6.45, 7) is 7.73. The molecule has 1 amide bonds. The lowest BCUT2D eigenvalue weighted by Gasteiger charge is -2.37. The van der Waals surface area contributed by atoms with Crippen molar-refractivity contribution in [2.24, 2.45) is 0 Å². The van der Waals surface area contributed by atoms with Crippen molar-refractivity contribution < 1.29 is 9.90 Å². The van der Waals surface area contributed by atoms with Gasteiger partial charge in [0.15, 0.2) is 0 Å². The predicted molar refractivity (Wildman–Crippen MR) is 81.1 cm³/mol. The molecule has 1 aliphatic rings. The Kier molecular flexibility index (Phi) is 4.33. The number of aryl methyl sites for hydroxylation is 1. The summed E-state index contributed by atoms with van der Waals surface area (Å²) in [5.41, 5.74) is 1.93. The molecule has 1 atom stereocenters. The van der Waals surface area contributed by atoms with E-state index in [4.69, 9.17) is 0 Å². The van der Waals surface area contributed by atoms with Crippen molar-refractivity contribution in [2.45, 2.75) is 39.2 Å². The number of likely N-dealkylation sites (tertiary alicyclic amines) is 1. The molecule has 0 aliphatic carbocycles. The Morgan fingerprint density at radius 1 is 1.50 bits per heavy atom. The van der Waals surface area contributed by atoms with Gasteiger partial charge in [-0.25, -0.2) is 0 Å². The second kappa shape index (κ2) is 5.83. The van der Waals surface area contributed by atoms with E-state index in [1.807, 2.05) is 32.0 Å². The molecule has 1 saturated heterocycles. The molecule has 1 unspecified atom stereocenters. The fraction of sp³-hybridized carbons (Fsp3) is 0.562. The number of anilines is 1. The molecule has 1 aromatic rings. The number of nitrogens with one attached hydrogen (secondary N) is 1. The van der Waals surface area contributed by atoms with Crippen molar-refractivity contribution in [3.8, 4) is 0 Å². The third-order valence-electron chi connectivity index (χ3n) is 3.73. The Balaban J connectivity index is 2.24. The van der Waals surface area contributed by atoms with Crippen molar-refractivity contribution in [1.82, 2.24) is 4.90 Å². The molecule has 0 bridgehead atoms. The Bertz CT molecular complexity index is 497. The number of aliphatic hydroxyl groups is 1. The van der Waals surface area contributed by atoms with Crippen LogP contribution in [-0.2, 0) is 0 Å². The standard InChI is InChI=1S/C16H24N2O2/c1-4-17-14-10-12(2)6-7-13(14)15(19)18-9-5-8-16(3,20)11-18/h6-7,10,17,20H,4-5,8-9,11H2,1-3H3. The molecule has 1 fully saturated rings. The molecular weight excluding hydrogens is 252 g/mol. The van der Waals surface area contributed by atoms with E-state index in [0.717, 1.165) is 30.6 Å². The fourth-order valence-electron chi connectivity index (χ4n) is 2.75. The minimum atomic E-state index is -0.767. The third kappa shape index (κ3) is 3.31. The number of hydrogen-bond acceptors (Lipinski definition) is 3. The maximum atomic E-state index is 12.7. The molecule has 0 aromatic heterocycles. The van der Waals surface area contributed by atoms with Crippen LogP contribution in [0.15, 0.2) is 18.2 Å². The third-order valence-corrected chi connectivity index (χ3v) is 3.73. The second-order valence-electron chi connectivity index (χ2n) is 5.91. The van der Waals surface area contributed by atoms with Gasteiger partial charge < -0.3 is 15.3 Å². The Morgan fingerprint density at radius 2 is 2.25 bits per heavy atom. The fourth-order valence-corrected chi connectivity index (χ4v) is 2.75. The molecule has 1 heterocycles. The Hall–Kier alpha value is -1.55. The summed E-state index contributed by atoms with van der Waals surface area (Å²) < 4.78 is 0. The van der Waals surface area contributed by atoms with E-state index < -0.39 is 5.60 Å². The summed E-state index contributed by atoms with van der Waals surface area (Å²) in [5, 5.41) is 13.4. The van der Waals surface area contributed by atoms with Crippen molar-refractivity contribution >= 4 is 11.6 Å². The molecule has 2 rings (SSSR count). The van der Waals surface area contributed by atoms with Gasteiger partial charge in [-0.15, -0.1) is 0 Å². The highest BCUT2D eigenvalue weighted by molar-refractivity contribution is 5.99. The number of β-amino-alcohol motifs (C(OH)–C–C–N with tert-alkyl or cyclic N) is 1. The van der Waals surface area contributed by atoms with Gasteiger partial charge in [-0.05, 0) is 51.3 Å². The first-order valence-electron chi connectivity index (χ1n) is 7.29. The van der Waals surface area contributed by atoms with E-state index in [0.29, 0.717) is 18.7 Å². The molecule has 1 aromatic carbocycles. The van der Waals surface area contributed by atoms with Crippen LogP contribution in [0.5, 0.6) is 0 Å². The van der Waals surface area contributed by atoms with Gasteiger partial charge in [0.1, 0.15) is 0 Å². The highest BCUT2D eigenvalue weighted by Crippen LogP contribution is 2.25. The van der Waals surface area contributed by atoms with E-state index in [1.165, 1.54) is 0 Å². The average molecular weight is 276 g/mol. The lowest BCUT2D eigenvalue weighted by molar-refractivity contribution is -0.0107. The monoisotopic (exact) mass is 276 g/mol. The topological polar surface area (TPSA) is 52.6 Å². The zero-order chi connectivity index (χ0) is 14.8. The first kappa shape index (κ1) is 14.9. The molecule has 2 N–H and O–H groups in total. The minimum absolute atomic E-state index is 0.000856. The van der Waals surface area contributed by atoms with Crippen LogP contribution in [0, 0.1) is 6.92 Å². The van der Waals surface area contributed by atoms with Gasteiger partial charge in [0.05, 0.1) is 11.2 Å². The summed E-state index contributed by atoms with van der Waals surface area (Å²) in [4.78, 5) is 14.4. The van der Waals surface area contributed by atoms with E-state index in [9.17, 15) is 9.90 Å². The lowest BCUT2D eigenvalue weighted by atomic mass is 9.94. The normalized spacial score (nSPS) is 22.7. The maximum absolute atomic E-state index is 12.7. The molecule has 20 heavy (non-hydrogen) atoms. The van der Waals surface area contributed by atoms with Gasteiger partial charge in [-0.2, -0.15) is 0 Å². The van der Waals surface area contributed by atoms with Crippen LogP contribution < -0.4 is 5.32 Å². The average Bonchev–Trinajstić information content (AvgIpc) is 2.37. The summed E-state index contributed by atoms with van der Waals surface area (Å²) in [6, 6.07) is 5.83. The van der Waals surface area contributed by atoms with Crippen LogP contribution in [0.4, 0.5) is 5.69 Å². The molecule has 4 heteroatoms. The van der Waals surface area contributed by atoms with E-state index in [1.54, 1.807) is 11.8 Å². The van der Waals surface area contributed by atoms with Gasteiger partial charge in [0.2, 0.25) is 0 Å². The second-order valence-corrected chi connectivity index (χ2v) is 5.91. The number of hydrogen-bond donors (Lipinski definition) is 2. The van der Waals surface area contributed by atoms with Crippen LogP contribution >= 0.6 is 0 Å². The Morgan fingerprint density at radius 3 is 2.90 bits per heavy atom. The van der Waals surface area contributed by atoms with E-state index in [-0.39, 0.29) is 5.91 Å². The highest BCUT2D eigenvalue weighted by Gasteiger charge is 2.31. The zero-order valence-electron chi connectivity index (χ0n) is 12.6. The number of piperidine rings is 1. The number of carbonyl (C=O) groups is 1. The number of rotatable bonds is 3. The molecule has 0 spiro atoms. The largest absolute Gasteiger partial charge is 0.388 e. The quantitative estimate of drug-likeness (QED) is 0.891. The van der Waals surface area contributed by atoms with Crippen LogP contribution in [0.1, 0.15) is 42.6 Å². The summed E-state index contributed by atoms with van der Waals surface area (Å²) in [5.74, 6) is 0.000856. The number of benzene rings is 1. The predicted octanol–water partition coefficient (Wildman–Crippen LogP) is 2.41. The highest BCUT2D eigenvalue weighted by atomic mass is 16.3. The smallest absolute Gasteiger partial charge is 0.256 e. The van der Waals surface area contributed by atoms with Gasteiger partial charge in [0, 0.05) is 25.3 Å². The number of amides is 1. The van der Waals surface area contributed by atoms with Crippen LogP contribution in [-0.4, -0.2) is 41.1 Å². The molecule has 0 radical (unpaired) electrons. The van der Waals surface area contributed by atoms with E-state index >= 15 is 0 Å². The number of carbonyl (C=O) groups excluding carboxylic acids is 1. The van der Waals surface area contributed by atoms with Crippen LogP contribution in [0.2, 0.25) is 0 Å². The summed E-state index contributed by atoms with van der Waals surface area (Å²) >= 11 is 0. The van der Waals surface area contributed by atoms with Crippen LogP contribution in [0.3, 0.4) is 0 Å². The summed E-state index contributed by atoms with van der Waals surface area (Å²) in [6.07, 6.45) is 1.60. The van der Waals surface area contributed by atoms with Crippen LogP contribution in [0.25, 0.3) is 0 Å². The molecule has 110 valence electrons. The van der Waals surface area contributed by atoms with Gasteiger partial charge in [-0.1, -0.05) is 6.07 Å². The molecular formula is C16H24N2O2. The SMILES string of the molecule is CCNc1cc(C)ccc1C(=O)N1CCCC(C)(O)C1. The molecule has 0 saturated carbocycles. The maximum Gasteiger partial charge on any atom is 0.256 e. The molecule has 4 nitrogen and oxygen atoms in total. The lowest BCUT2D eigenvalue weighted by Crippen LogP contribution is -2.48. The minimum Gasteiger partial charge on any atom is -0.388 e. The van der Waals surface area contributed by atoms with Gasteiger partial charge in [-0.3, -0.25) is 4.79 Å². The van der Waals surface area contributed by atoms with Crippen molar-refractivity contribution in [2.75, 3.05) is 25.0 Å². The Labute approximate surface area is 120 Å².